The van der Waals surface area contributed by atoms with Gasteiger partial charge < -0.3 is 190 Å². The zero-order valence-corrected chi connectivity index (χ0v) is 49.6. The van der Waals surface area contributed by atoms with Gasteiger partial charge in [-0.1, -0.05) is 0 Å². The van der Waals surface area contributed by atoms with E-state index in [4.69, 9.17) is 61.6 Å². The second kappa shape index (κ2) is 32.9. The van der Waals surface area contributed by atoms with Crippen molar-refractivity contribution in [3.63, 3.8) is 0 Å². The highest BCUT2D eigenvalue weighted by atomic mass is 16.8. The van der Waals surface area contributed by atoms with Gasteiger partial charge in [0.2, 0.25) is 17.7 Å². The van der Waals surface area contributed by atoms with Gasteiger partial charge in [-0.2, -0.15) is 0 Å². The number of amides is 3. The number of hydrogen-bond acceptors (Lipinski definition) is 38. The quantitative estimate of drug-likeness (QED) is 0.0404. The number of hydrogen-bond donors (Lipinski definition) is 25. The van der Waals surface area contributed by atoms with E-state index in [1.54, 1.807) is 0 Å². The minimum atomic E-state index is -3.48. The van der Waals surface area contributed by atoms with Crippen molar-refractivity contribution in [1.82, 2.24) is 16.0 Å². The number of carboxylic acid groups (broad SMARTS) is 1. The summed E-state index contributed by atoms with van der Waals surface area (Å²) < 4.78 is 75.9. The summed E-state index contributed by atoms with van der Waals surface area (Å²) >= 11 is 0. The molecule has 42 nitrogen and oxygen atoms in total. The number of rotatable bonds is 25. The molecule has 36 atom stereocenters. The van der Waals surface area contributed by atoms with Crippen molar-refractivity contribution in [2.45, 2.75) is 248 Å². The van der Waals surface area contributed by atoms with Gasteiger partial charge in [0.05, 0.1) is 57.9 Å². The number of carbonyl (C=O) groups excluding carboxylic acids is 3. The highest BCUT2D eigenvalue weighted by Gasteiger charge is 2.63. The van der Waals surface area contributed by atoms with Gasteiger partial charge in [-0.05, 0) is 6.92 Å². The molecule has 7 heterocycles. The normalized spacial score (nSPS) is 47.2. The molecule has 7 rings (SSSR count). The van der Waals surface area contributed by atoms with E-state index in [-0.39, 0.29) is 0 Å². The molecular formula is C51H85N3O39. The molecule has 0 aromatic rings. The third-order valence-electron chi connectivity index (χ3n) is 16.8. The van der Waals surface area contributed by atoms with Gasteiger partial charge in [0.15, 0.2) is 37.7 Å². The lowest BCUT2D eigenvalue weighted by atomic mass is 9.88. The molecule has 7 saturated heterocycles. The van der Waals surface area contributed by atoms with E-state index in [0.29, 0.717) is 0 Å². The fourth-order valence-electron chi connectivity index (χ4n) is 11.9. The van der Waals surface area contributed by atoms with E-state index >= 15 is 0 Å². The topological polar surface area (TPSA) is 669 Å². The predicted molar refractivity (Wildman–Crippen MR) is 284 cm³/mol. The minimum absolute atomic E-state index is 0.851. The molecule has 25 N–H and O–H groups in total. The largest absolute Gasteiger partial charge is 0.477 e. The molecule has 538 valence electrons. The van der Waals surface area contributed by atoms with E-state index in [2.05, 4.69) is 16.0 Å². The summed E-state index contributed by atoms with van der Waals surface area (Å²) in [6, 6.07) is -5.74. The Kier molecular flexibility index (Phi) is 27.2. The number of aliphatic hydroxyl groups is 21. The molecule has 93 heavy (non-hydrogen) atoms. The van der Waals surface area contributed by atoms with Crippen LogP contribution in [0.4, 0.5) is 0 Å². The smallest absolute Gasteiger partial charge is 0.364 e. The molecule has 7 aliphatic rings. The van der Waals surface area contributed by atoms with Gasteiger partial charge >= 0.3 is 5.97 Å². The van der Waals surface area contributed by atoms with Crippen LogP contribution in [0.2, 0.25) is 0 Å². The van der Waals surface area contributed by atoms with E-state index in [1.807, 2.05) is 0 Å². The first-order valence-electron chi connectivity index (χ1n) is 29.3. The Morgan fingerprint density at radius 2 is 0.882 bits per heavy atom. The van der Waals surface area contributed by atoms with Crippen molar-refractivity contribution >= 4 is 23.7 Å². The van der Waals surface area contributed by atoms with E-state index in [0.717, 1.165) is 13.8 Å². The van der Waals surface area contributed by atoms with Crippen LogP contribution in [0.25, 0.3) is 0 Å². The van der Waals surface area contributed by atoms with Gasteiger partial charge in [0.25, 0.3) is 5.79 Å². The number of aliphatic carboxylic acids is 1. The maximum Gasteiger partial charge on any atom is 0.364 e. The molecule has 1 unspecified atom stereocenters. The summed E-state index contributed by atoms with van der Waals surface area (Å²) in [7, 11) is 0. The van der Waals surface area contributed by atoms with Crippen molar-refractivity contribution in [2.75, 3.05) is 46.2 Å². The third kappa shape index (κ3) is 16.6. The lowest BCUT2D eigenvalue weighted by Crippen LogP contribution is -2.72. The third-order valence-corrected chi connectivity index (χ3v) is 16.8. The molecule has 0 bridgehead atoms. The van der Waals surface area contributed by atoms with Gasteiger partial charge in [-0.25, -0.2) is 4.79 Å². The average Bonchev–Trinajstić information content (AvgIpc) is 0.759. The van der Waals surface area contributed by atoms with E-state index < -0.39 is 297 Å². The number of carbonyl (C=O) groups is 4. The van der Waals surface area contributed by atoms with Gasteiger partial charge in [0.1, 0.15) is 165 Å². The summed E-state index contributed by atoms with van der Waals surface area (Å²) in [6.07, 6.45) is -68.3. The molecule has 7 fully saturated rings. The van der Waals surface area contributed by atoms with Crippen LogP contribution in [0.5, 0.6) is 0 Å². The zero-order valence-electron chi connectivity index (χ0n) is 49.6. The minimum Gasteiger partial charge on any atom is -0.477 e. The van der Waals surface area contributed by atoms with Gasteiger partial charge in [-0.15, -0.1) is 0 Å². The van der Waals surface area contributed by atoms with E-state index in [9.17, 15) is 132 Å². The number of nitrogens with one attached hydrogen (secondary N) is 3. The molecule has 0 radical (unpaired) electrons. The Balaban J connectivity index is 1.22. The van der Waals surface area contributed by atoms with Crippen LogP contribution in [0, 0.1) is 0 Å². The van der Waals surface area contributed by atoms with Crippen LogP contribution in [0.1, 0.15) is 27.2 Å². The van der Waals surface area contributed by atoms with Crippen LogP contribution in [-0.2, 0) is 80.8 Å². The zero-order chi connectivity index (χ0) is 69.0. The van der Waals surface area contributed by atoms with Crippen LogP contribution in [-0.4, -0.2) is 403 Å². The second-order valence-corrected chi connectivity index (χ2v) is 23.2. The summed E-state index contributed by atoms with van der Waals surface area (Å²) in [5.41, 5.74) is 0. The number of carboxylic acids is 1. The van der Waals surface area contributed by atoms with Crippen molar-refractivity contribution in [3.05, 3.63) is 0 Å². The lowest BCUT2D eigenvalue weighted by molar-refractivity contribution is -0.403. The van der Waals surface area contributed by atoms with Crippen molar-refractivity contribution in [1.29, 1.82) is 0 Å². The highest BCUT2D eigenvalue weighted by Crippen LogP contribution is 2.42. The average molecular weight is 1360 g/mol. The van der Waals surface area contributed by atoms with Crippen molar-refractivity contribution < 1.29 is 193 Å². The monoisotopic (exact) mass is 1360 g/mol. The predicted octanol–water partition coefficient (Wildman–Crippen LogP) is -16.6. The van der Waals surface area contributed by atoms with Crippen molar-refractivity contribution in [2.24, 2.45) is 0 Å². The Hall–Kier alpha value is -3.48. The standard InChI is InChI=1S/C51H85N3O39/c1-12-26(67)30(71)34(75)47(81-12)90-40-24(52-13(2)62)45(83-17(6-56)28(40)69)87-38-20(9-59)85-48(35(76)32(38)73)91-41-25(53-14(3)63)46(84-18(7-57)29(41)70)89-39-21(10-60)86-49(88-37-19(8-58)82-44(78)33(74)31(37)72)36(77)43(39)93-51(50(79)80)4-15(64)23(54-22(66)11-61)42(92-51)27(68)16(65)5-55/h12,15-21,23-49,55-61,64-65,67-78H,4-11H2,1-3H3,(H,52,62)(H,53,63)(H,54,66)(H,79,80)/t12-,15-,16+,17+,18+,19+,20+,21+,23+,24+,25+,26+,27+,28-,29-,30+,31+,32+,33+,34-,35+,36+,37+,38-,39-,40+,41+,42+,43+,44?,45-,46-,47-,48-,49-,51-/m0/s1. The Bertz CT molecular complexity index is 2410. The molecule has 0 aromatic heterocycles. The molecule has 3 amide bonds. The molecule has 7 aliphatic heterocycles. The molecular weight excluding hydrogens is 1280 g/mol. The highest BCUT2D eigenvalue weighted by molar-refractivity contribution is 5.78. The second-order valence-electron chi connectivity index (χ2n) is 23.2. The van der Waals surface area contributed by atoms with Crippen LogP contribution in [0.3, 0.4) is 0 Å². The lowest BCUT2D eigenvalue weighted by Gasteiger charge is -2.53. The summed E-state index contributed by atoms with van der Waals surface area (Å²) in [4.78, 5) is 52.0. The molecule has 0 aromatic carbocycles. The summed E-state index contributed by atoms with van der Waals surface area (Å²) in [5.74, 6) is -8.86. The van der Waals surface area contributed by atoms with Gasteiger partial charge in [-0.3, -0.25) is 14.4 Å². The fourth-order valence-corrected chi connectivity index (χ4v) is 11.9. The first kappa shape index (κ1) is 76.9. The van der Waals surface area contributed by atoms with Crippen LogP contribution < -0.4 is 16.0 Å². The summed E-state index contributed by atoms with van der Waals surface area (Å²) in [6.45, 7) is -5.12. The number of aliphatic hydroxyl groups excluding tert-OH is 21. The fraction of sp³-hybridized carbons (Fsp3) is 0.922. The Labute approximate surface area is 525 Å². The molecule has 42 heteroatoms. The summed E-state index contributed by atoms with van der Waals surface area (Å²) in [5, 5.41) is 246. The van der Waals surface area contributed by atoms with Crippen LogP contribution in [0.15, 0.2) is 0 Å². The SMILES string of the molecule is CC(=O)N[C@H]1[C@H](O[C@@H]2[C@H](O)[C@@H](O)[C@H](O[C@H]3[C@@H](O)[C@@H](CO)O[C@@H](O[C@@H]4[C@H](O[C@]5(C(=O)O)C[C@H](O)[C@@H](NC(=O)CO)[C@H]([C@H](O)[C@H](O)CO)O5)[C@@H](O)[C@H](O[C@H]5[C@H](O)[C@@H](O)C(O)O[C@@H]5CO)O[C@@H]4CO)[C@@H]3NC(C)=O)O[C@@H]2CO)O[C@H](CO)[C@H](O)[C@@H]1O[C@@H]1O[C@@H](C)[C@@H](O)[C@@H](O)[C@@H]1O. The Morgan fingerprint density at radius 3 is 1.35 bits per heavy atom. The van der Waals surface area contributed by atoms with Crippen LogP contribution >= 0.6 is 0 Å². The maximum atomic E-state index is 13.6. The first-order chi connectivity index (χ1) is 43.8. The molecule has 0 saturated carbocycles. The maximum absolute atomic E-state index is 13.6. The number of ether oxygens (including phenoxy) is 13. The Morgan fingerprint density at radius 1 is 0.462 bits per heavy atom. The van der Waals surface area contributed by atoms with Gasteiger partial charge in [0, 0.05) is 20.3 Å². The molecule has 0 aliphatic carbocycles. The first-order valence-corrected chi connectivity index (χ1v) is 29.3. The van der Waals surface area contributed by atoms with E-state index in [1.165, 1.54) is 6.92 Å². The molecule has 0 spiro atoms. The van der Waals surface area contributed by atoms with Crippen molar-refractivity contribution in [3.8, 4) is 0 Å².